The number of hydrogen-bond donors (Lipinski definition) is 0. The van der Waals surface area contributed by atoms with Crippen molar-refractivity contribution in [2.24, 2.45) is 0 Å². The lowest BCUT2D eigenvalue weighted by Crippen LogP contribution is -2.23. The Hall–Kier alpha value is -3.05. The van der Waals surface area contributed by atoms with Gasteiger partial charge in [0.15, 0.2) is 5.16 Å². The Balaban J connectivity index is 1.67. The lowest BCUT2D eigenvalue weighted by Gasteiger charge is -2.16. The third-order valence-electron chi connectivity index (χ3n) is 5.13. The predicted octanol–water partition coefficient (Wildman–Crippen LogP) is 5.48. The van der Waals surface area contributed by atoms with Crippen molar-refractivity contribution in [2.45, 2.75) is 25.9 Å². The number of aromatic nitrogens is 2. The summed E-state index contributed by atoms with van der Waals surface area (Å²) in [5.41, 5.74) is 4.93. The molecule has 0 amide bonds. The summed E-state index contributed by atoms with van der Waals surface area (Å²) < 4.78 is 7.62. The van der Waals surface area contributed by atoms with Gasteiger partial charge in [-0.05, 0) is 67.8 Å². The molecule has 0 saturated heterocycles. The fourth-order valence-electron chi connectivity index (χ4n) is 3.40. The van der Waals surface area contributed by atoms with Crippen molar-refractivity contribution in [1.82, 2.24) is 9.55 Å². The minimum absolute atomic E-state index is 0.0450. The smallest absolute Gasteiger partial charge is 0.266 e. The first-order chi connectivity index (χ1) is 14.5. The van der Waals surface area contributed by atoms with Crippen molar-refractivity contribution in [1.29, 1.82) is 0 Å². The number of nitrogens with zero attached hydrogens (tertiary/aromatic N) is 2. The maximum absolute atomic E-state index is 13.4. The molecule has 0 radical (unpaired) electrons. The van der Waals surface area contributed by atoms with Crippen LogP contribution >= 0.6 is 11.8 Å². The second kappa shape index (κ2) is 8.76. The summed E-state index contributed by atoms with van der Waals surface area (Å²) in [6, 6.07) is 21.5. The number of benzene rings is 3. The topological polar surface area (TPSA) is 44.1 Å². The van der Waals surface area contributed by atoms with Gasteiger partial charge in [-0.2, -0.15) is 0 Å². The largest absolute Gasteiger partial charge is 0.493 e. The van der Waals surface area contributed by atoms with Crippen molar-refractivity contribution in [3.8, 4) is 11.4 Å². The van der Waals surface area contributed by atoms with Crippen LogP contribution in [-0.4, -0.2) is 21.9 Å². The zero-order valence-electron chi connectivity index (χ0n) is 17.4. The zero-order chi connectivity index (χ0) is 21.1. The van der Waals surface area contributed by atoms with E-state index in [1.54, 1.807) is 4.57 Å². The molecular formula is C25H24N2O2S. The van der Waals surface area contributed by atoms with Crippen LogP contribution in [0.25, 0.3) is 16.6 Å². The van der Waals surface area contributed by atoms with Gasteiger partial charge in [0.1, 0.15) is 5.75 Å². The third-order valence-corrected chi connectivity index (χ3v) is 6.04. The molecule has 3 aromatic carbocycles. The van der Waals surface area contributed by atoms with Crippen molar-refractivity contribution in [2.75, 3.05) is 12.4 Å². The minimum Gasteiger partial charge on any atom is -0.493 e. The second-order valence-corrected chi connectivity index (χ2v) is 8.35. The highest BCUT2D eigenvalue weighted by molar-refractivity contribution is 7.99. The molecule has 1 heterocycles. The summed E-state index contributed by atoms with van der Waals surface area (Å²) in [7, 11) is 0. The van der Waals surface area contributed by atoms with Crippen molar-refractivity contribution in [3.05, 3.63) is 93.8 Å². The molecule has 0 saturated carbocycles. The summed E-state index contributed by atoms with van der Waals surface area (Å²) in [6.07, 6.45) is 0. The van der Waals surface area contributed by atoms with Crippen LogP contribution in [0.5, 0.6) is 5.75 Å². The highest BCUT2D eigenvalue weighted by Gasteiger charge is 2.15. The fourth-order valence-corrected chi connectivity index (χ4v) is 4.22. The number of ether oxygens (including phenoxy) is 1. The summed E-state index contributed by atoms with van der Waals surface area (Å²) >= 11 is 1.54. The molecule has 30 heavy (non-hydrogen) atoms. The quantitative estimate of drug-likeness (QED) is 0.237. The van der Waals surface area contributed by atoms with E-state index >= 15 is 0 Å². The van der Waals surface area contributed by atoms with E-state index in [2.05, 4.69) is 13.0 Å². The molecule has 0 aliphatic heterocycles. The molecule has 0 unspecified atom stereocenters. The van der Waals surface area contributed by atoms with Crippen LogP contribution in [0.2, 0.25) is 0 Å². The first-order valence-electron chi connectivity index (χ1n) is 9.95. The monoisotopic (exact) mass is 416 g/mol. The lowest BCUT2D eigenvalue weighted by molar-refractivity contribution is 0.343. The van der Waals surface area contributed by atoms with Gasteiger partial charge in [-0.1, -0.05) is 48.2 Å². The highest BCUT2D eigenvalue weighted by Crippen LogP contribution is 2.24. The number of aryl methyl sites for hydroxylation is 2. The summed E-state index contributed by atoms with van der Waals surface area (Å²) in [5, 5.41) is 1.30. The van der Waals surface area contributed by atoms with E-state index < -0.39 is 0 Å². The standard InChI is InChI=1S/C25H24N2O2S/c1-17-8-6-10-20(16-17)29-14-15-30-25-26-22-12-5-4-11-21(22)24(28)27(25)23-13-7-9-18(2)19(23)3/h4-13,16H,14-15H2,1-3H3. The van der Waals surface area contributed by atoms with Gasteiger partial charge in [0, 0.05) is 5.75 Å². The average Bonchev–Trinajstić information content (AvgIpc) is 2.74. The molecule has 0 aliphatic rings. The Morgan fingerprint density at radius 1 is 0.967 bits per heavy atom. The van der Waals surface area contributed by atoms with Gasteiger partial charge in [-0.25, -0.2) is 4.98 Å². The number of rotatable bonds is 6. The van der Waals surface area contributed by atoms with Crippen LogP contribution < -0.4 is 10.3 Å². The van der Waals surface area contributed by atoms with E-state index in [4.69, 9.17) is 9.72 Å². The summed E-state index contributed by atoms with van der Waals surface area (Å²) in [4.78, 5) is 18.2. The van der Waals surface area contributed by atoms with E-state index in [-0.39, 0.29) is 5.56 Å². The van der Waals surface area contributed by atoms with E-state index in [0.29, 0.717) is 28.4 Å². The Labute approximate surface area is 180 Å². The first kappa shape index (κ1) is 20.2. The molecule has 4 aromatic rings. The van der Waals surface area contributed by atoms with Crippen LogP contribution in [0.1, 0.15) is 16.7 Å². The number of fused-ring (bicyclic) bond motifs is 1. The minimum atomic E-state index is -0.0450. The van der Waals surface area contributed by atoms with Crippen LogP contribution in [0, 0.1) is 20.8 Å². The number of thioether (sulfide) groups is 1. The molecule has 0 atom stereocenters. The molecule has 4 nitrogen and oxygen atoms in total. The Bertz CT molecular complexity index is 1260. The zero-order valence-corrected chi connectivity index (χ0v) is 18.2. The first-order valence-corrected chi connectivity index (χ1v) is 10.9. The Kier molecular flexibility index (Phi) is 5.91. The van der Waals surface area contributed by atoms with Gasteiger partial charge >= 0.3 is 0 Å². The maximum atomic E-state index is 13.4. The Morgan fingerprint density at radius 3 is 2.60 bits per heavy atom. The average molecular weight is 417 g/mol. The molecule has 4 rings (SSSR count). The lowest BCUT2D eigenvalue weighted by atomic mass is 10.1. The van der Waals surface area contributed by atoms with Gasteiger partial charge < -0.3 is 4.74 Å². The molecule has 0 fully saturated rings. The fraction of sp³-hybridized carbons (Fsp3) is 0.200. The van der Waals surface area contributed by atoms with Crippen LogP contribution in [-0.2, 0) is 0 Å². The van der Waals surface area contributed by atoms with Crippen LogP contribution in [0.15, 0.2) is 76.7 Å². The predicted molar refractivity (Wildman–Crippen MR) is 124 cm³/mol. The molecule has 152 valence electrons. The molecule has 0 spiro atoms. The molecular weight excluding hydrogens is 392 g/mol. The molecule has 5 heteroatoms. The van der Waals surface area contributed by atoms with Crippen LogP contribution in [0.3, 0.4) is 0 Å². The van der Waals surface area contributed by atoms with Crippen LogP contribution in [0.4, 0.5) is 0 Å². The summed E-state index contributed by atoms with van der Waals surface area (Å²) in [6.45, 7) is 6.68. The maximum Gasteiger partial charge on any atom is 0.266 e. The van der Waals surface area contributed by atoms with E-state index in [9.17, 15) is 4.79 Å². The van der Waals surface area contributed by atoms with Gasteiger partial charge in [0.05, 0.1) is 23.2 Å². The van der Waals surface area contributed by atoms with E-state index in [1.807, 2.05) is 74.5 Å². The third kappa shape index (κ3) is 4.12. The summed E-state index contributed by atoms with van der Waals surface area (Å²) in [5.74, 6) is 1.54. The van der Waals surface area contributed by atoms with Crippen molar-refractivity contribution in [3.63, 3.8) is 0 Å². The number of para-hydroxylation sites is 1. The molecule has 0 bridgehead atoms. The SMILES string of the molecule is Cc1cccc(OCCSc2nc3ccccc3c(=O)n2-c2cccc(C)c2C)c1. The van der Waals surface area contributed by atoms with E-state index in [1.165, 1.54) is 17.3 Å². The van der Waals surface area contributed by atoms with E-state index in [0.717, 1.165) is 22.6 Å². The van der Waals surface area contributed by atoms with Crippen molar-refractivity contribution >= 4 is 22.7 Å². The molecule has 0 N–H and O–H groups in total. The second-order valence-electron chi connectivity index (χ2n) is 7.28. The molecule has 1 aromatic heterocycles. The van der Waals surface area contributed by atoms with Gasteiger partial charge in [-0.15, -0.1) is 0 Å². The Morgan fingerprint density at radius 2 is 1.77 bits per heavy atom. The van der Waals surface area contributed by atoms with Gasteiger partial charge in [0.25, 0.3) is 5.56 Å². The highest BCUT2D eigenvalue weighted by atomic mass is 32.2. The normalized spacial score (nSPS) is 11.0. The number of hydrogen-bond acceptors (Lipinski definition) is 4. The van der Waals surface area contributed by atoms with Crippen molar-refractivity contribution < 1.29 is 4.74 Å². The van der Waals surface area contributed by atoms with Gasteiger partial charge in [-0.3, -0.25) is 9.36 Å². The van der Waals surface area contributed by atoms with Gasteiger partial charge in [0.2, 0.25) is 0 Å². The molecule has 0 aliphatic carbocycles.